The molecule has 0 aromatic heterocycles. The van der Waals surface area contributed by atoms with Crippen molar-refractivity contribution >= 4 is 23.2 Å². The van der Waals surface area contributed by atoms with Crippen molar-refractivity contribution in [3.63, 3.8) is 0 Å². The molecule has 0 aliphatic rings. The molecule has 29 heavy (non-hydrogen) atoms. The van der Waals surface area contributed by atoms with Gasteiger partial charge in [-0.2, -0.15) is 0 Å². The summed E-state index contributed by atoms with van der Waals surface area (Å²) in [6, 6.07) is 13.1. The van der Waals surface area contributed by atoms with E-state index in [2.05, 4.69) is 12.1 Å². The summed E-state index contributed by atoms with van der Waals surface area (Å²) in [6.07, 6.45) is 3.36. The maximum Gasteiger partial charge on any atom is 0.334 e. The summed E-state index contributed by atoms with van der Waals surface area (Å²) in [5, 5.41) is 14.6. The Labute approximate surface area is 169 Å². The third kappa shape index (κ3) is 6.34. The monoisotopic (exact) mass is 396 g/mol. The van der Waals surface area contributed by atoms with Gasteiger partial charge in [-0.1, -0.05) is 56.1 Å². The maximum absolute atomic E-state index is 12.8. The first kappa shape index (κ1) is 21.9. The molecule has 2 rings (SSSR count). The number of nitrogens with zero attached hydrogens (tertiary/aromatic N) is 2. The molecule has 0 aliphatic heterocycles. The molecule has 0 N–H and O–H groups in total. The van der Waals surface area contributed by atoms with Crippen molar-refractivity contribution in [2.75, 3.05) is 0 Å². The van der Waals surface area contributed by atoms with E-state index in [1.165, 1.54) is 12.1 Å². The molecule has 0 radical (unpaired) electrons. The van der Waals surface area contributed by atoms with E-state index in [1.807, 2.05) is 0 Å². The minimum atomic E-state index is -0.487. The molecule has 2 aromatic rings. The molecule has 152 valence electrons. The van der Waals surface area contributed by atoms with Crippen LogP contribution in [-0.2, 0) is 9.63 Å². The zero-order valence-corrected chi connectivity index (χ0v) is 16.6. The van der Waals surface area contributed by atoms with Gasteiger partial charge in [0.2, 0.25) is 5.78 Å². The molecule has 2 aromatic carbocycles. The second-order valence-corrected chi connectivity index (χ2v) is 6.52. The van der Waals surface area contributed by atoms with Gasteiger partial charge in [-0.3, -0.25) is 14.9 Å². The average Bonchev–Trinajstić information content (AvgIpc) is 2.75. The molecule has 0 spiro atoms. The molecule has 0 saturated carbocycles. The van der Waals surface area contributed by atoms with Crippen LogP contribution in [0.3, 0.4) is 0 Å². The molecule has 7 heteroatoms. The van der Waals surface area contributed by atoms with Crippen LogP contribution < -0.4 is 0 Å². The van der Waals surface area contributed by atoms with Gasteiger partial charge in [-0.15, -0.1) is 0 Å². The van der Waals surface area contributed by atoms with Crippen molar-refractivity contribution in [1.82, 2.24) is 0 Å². The lowest BCUT2D eigenvalue weighted by molar-refractivity contribution is -0.384. The highest BCUT2D eigenvalue weighted by atomic mass is 16.7. The third-order valence-electron chi connectivity index (χ3n) is 4.38. The fourth-order valence-corrected chi connectivity index (χ4v) is 2.67. The zero-order valence-electron chi connectivity index (χ0n) is 16.6. The number of ketones is 1. The van der Waals surface area contributed by atoms with E-state index in [4.69, 9.17) is 4.84 Å². The molecule has 0 saturated heterocycles. The standard InChI is InChI=1S/C22H24N2O5/c1-3-5-6-7-20(23-29-21(25)4-2)22(26)18-10-8-16(9-11-18)17-12-14-19(15-13-17)24(27)28/h8-15H,3-7H2,1-2H3/b23-20-. The van der Waals surface area contributed by atoms with E-state index in [0.717, 1.165) is 30.4 Å². The Balaban J connectivity index is 2.18. The topological polar surface area (TPSA) is 98.9 Å². The molecule has 0 aliphatic carbocycles. The number of oxime groups is 1. The Morgan fingerprint density at radius 2 is 1.55 bits per heavy atom. The largest absolute Gasteiger partial charge is 0.334 e. The SMILES string of the molecule is CCCCC/C(=N/OC(=O)CC)C(=O)c1ccc(-c2ccc([N+](=O)[O-])cc2)cc1. The van der Waals surface area contributed by atoms with Gasteiger partial charge in [-0.05, 0) is 36.1 Å². The van der Waals surface area contributed by atoms with Crippen molar-refractivity contribution in [1.29, 1.82) is 0 Å². The molecule has 0 fully saturated rings. The van der Waals surface area contributed by atoms with Crippen molar-refractivity contribution in [2.45, 2.75) is 46.0 Å². The first-order valence-corrected chi connectivity index (χ1v) is 9.62. The van der Waals surface area contributed by atoms with Gasteiger partial charge in [-0.25, -0.2) is 4.79 Å². The molecule has 7 nitrogen and oxygen atoms in total. The van der Waals surface area contributed by atoms with Crippen LogP contribution in [0.15, 0.2) is 53.7 Å². The van der Waals surface area contributed by atoms with Gasteiger partial charge in [0.25, 0.3) is 5.69 Å². The van der Waals surface area contributed by atoms with E-state index in [0.29, 0.717) is 12.0 Å². The van der Waals surface area contributed by atoms with Gasteiger partial charge in [0.05, 0.1) is 4.92 Å². The van der Waals surface area contributed by atoms with Gasteiger partial charge >= 0.3 is 5.97 Å². The summed E-state index contributed by atoms with van der Waals surface area (Å²) in [6.45, 7) is 3.72. The van der Waals surface area contributed by atoms with Crippen LogP contribution in [0.2, 0.25) is 0 Å². The third-order valence-corrected chi connectivity index (χ3v) is 4.38. The lowest BCUT2D eigenvalue weighted by Gasteiger charge is -2.07. The summed E-state index contributed by atoms with van der Waals surface area (Å²) in [5.74, 6) is -0.764. The quantitative estimate of drug-likeness (QED) is 0.135. The number of hydrogen-bond acceptors (Lipinski definition) is 6. The van der Waals surface area contributed by atoms with Crippen molar-refractivity contribution in [3.05, 3.63) is 64.2 Å². The van der Waals surface area contributed by atoms with Crippen LogP contribution in [0, 0.1) is 10.1 Å². The Hall–Kier alpha value is -3.35. The van der Waals surface area contributed by atoms with E-state index in [1.54, 1.807) is 43.3 Å². The lowest BCUT2D eigenvalue weighted by Crippen LogP contribution is -2.16. The van der Waals surface area contributed by atoms with E-state index in [-0.39, 0.29) is 23.6 Å². The zero-order chi connectivity index (χ0) is 21.2. The predicted octanol–water partition coefficient (Wildman–Crippen LogP) is 5.33. The minimum Gasteiger partial charge on any atom is -0.318 e. The Bertz CT molecular complexity index is 886. The molecular formula is C22H24N2O5. The number of nitro benzene ring substituents is 1. The van der Waals surface area contributed by atoms with Crippen LogP contribution in [0.5, 0.6) is 0 Å². The Morgan fingerprint density at radius 3 is 2.07 bits per heavy atom. The summed E-state index contributed by atoms with van der Waals surface area (Å²) in [5.41, 5.74) is 2.33. The van der Waals surface area contributed by atoms with Gasteiger partial charge in [0.15, 0.2) is 0 Å². The highest BCUT2D eigenvalue weighted by molar-refractivity contribution is 6.45. The number of hydrogen-bond donors (Lipinski definition) is 0. The van der Waals surface area contributed by atoms with Gasteiger partial charge in [0, 0.05) is 24.1 Å². The number of rotatable bonds is 10. The highest BCUT2D eigenvalue weighted by Crippen LogP contribution is 2.23. The fraction of sp³-hybridized carbons (Fsp3) is 0.318. The molecule has 0 heterocycles. The number of carbonyl (C=O) groups excluding carboxylic acids is 2. The average molecular weight is 396 g/mol. The number of unbranched alkanes of at least 4 members (excludes halogenated alkanes) is 2. The van der Waals surface area contributed by atoms with Crippen LogP contribution in [0.25, 0.3) is 11.1 Å². The number of Topliss-reactive ketones (excluding diaryl/α,β-unsaturated/α-hetero) is 1. The summed E-state index contributed by atoms with van der Waals surface area (Å²) < 4.78 is 0. The Morgan fingerprint density at radius 1 is 0.966 bits per heavy atom. The molecule has 0 amide bonds. The van der Waals surface area contributed by atoms with Crippen LogP contribution >= 0.6 is 0 Å². The smallest absolute Gasteiger partial charge is 0.318 e. The fourth-order valence-electron chi connectivity index (χ4n) is 2.67. The first-order chi connectivity index (χ1) is 14.0. The summed E-state index contributed by atoms with van der Waals surface area (Å²) in [4.78, 5) is 39.3. The maximum atomic E-state index is 12.8. The number of nitro groups is 1. The number of non-ortho nitro benzene ring substituents is 1. The predicted molar refractivity (Wildman–Crippen MR) is 111 cm³/mol. The van der Waals surface area contributed by atoms with Crippen molar-refractivity contribution in [2.24, 2.45) is 5.16 Å². The summed E-state index contributed by atoms with van der Waals surface area (Å²) >= 11 is 0. The van der Waals surface area contributed by atoms with Crippen molar-refractivity contribution < 1.29 is 19.3 Å². The molecular weight excluding hydrogens is 372 g/mol. The van der Waals surface area contributed by atoms with Crippen molar-refractivity contribution in [3.8, 4) is 11.1 Å². The van der Waals surface area contributed by atoms with E-state index < -0.39 is 10.9 Å². The molecule has 0 bridgehead atoms. The lowest BCUT2D eigenvalue weighted by atomic mass is 9.99. The summed E-state index contributed by atoms with van der Waals surface area (Å²) in [7, 11) is 0. The van der Waals surface area contributed by atoms with Gasteiger partial charge in [0.1, 0.15) is 5.71 Å². The van der Waals surface area contributed by atoms with Crippen LogP contribution in [-0.4, -0.2) is 22.4 Å². The first-order valence-electron chi connectivity index (χ1n) is 9.62. The van der Waals surface area contributed by atoms with E-state index >= 15 is 0 Å². The number of carbonyl (C=O) groups is 2. The highest BCUT2D eigenvalue weighted by Gasteiger charge is 2.16. The molecule has 0 unspecified atom stereocenters. The normalized spacial score (nSPS) is 11.2. The second-order valence-electron chi connectivity index (χ2n) is 6.52. The van der Waals surface area contributed by atoms with Crippen LogP contribution in [0.4, 0.5) is 5.69 Å². The molecule has 0 atom stereocenters. The second kappa shape index (κ2) is 10.8. The number of benzene rings is 2. The van der Waals surface area contributed by atoms with Gasteiger partial charge < -0.3 is 4.84 Å². The minimum absolute atomic E-state index is 0.0232. The van der Waals surface area contributed by atoms with E-state index in [9.17, 15) is 19.7 Å². The van der Waals surface area contributed by atoms with Crippen LogP contribution in [0.1, 0.15) is 56.3 Å². The Kier molecular flexibility index (Phi) is 8.21.